The minimum atomic E-state index is -0.336. The second-order valence-corrected chi connectivity index (χ2v) is 4.55. The van der Waals surface area contributed by atoms with Crippen molar-refractivity contribution in [2.45, 2.75) is 26.2 Å². The van der Waals surface area contributed by atoms with Crippen LogP contribution in [0.1, 0.15) is 25.3 Å². The maximum atomic E-state index is 10.9. The minimum Gasteiger partial charge on any atom is -0.395 e. The van der Waals surface area contributed by atoms with Crippen molar-refractivity contribution in [2.75, 3.05) is 26.2 Å². The summed E-state index contributed by atoms with van der Waals surface area (Å²) in [5.41, 5.74) is 0.939. The Morgan fingerprint density at radius 3 is 2.63 bits per heavy atom. The summed E-state index contributed by atoms with van der Waals surface area (Å²) in [5.74, 6) is 0. The Balaban J connectivity index is 2.60. The summed E-state index contributed by atoms with van der Waals surface area (Å²) in [7, 11) is 0. The fourth-order valence-electron chi connectivity index (χ4n) is 2.04. The highest BCUT2D eigenvalue weighted by atomic mass is 16.6. The van der Waals surface area contributed by atoms with Crippen molar-refractivity contribution in [1.82, 2.24) is 4.90 Å². The number of rotatable bonds is 9. The van der Waals surface area contributed by atoms with Gasteiger partial charge in [0.15, 0.2) is 0 Å². The average Bonchev–Trinajstić information content (AvgIpc) is 2.42. The predicted octanol–water partition coefficient (Wildman–Crippen LogP) is 2.23. The number of unbranched alkanes of at least 4 members (excludes halogenated alkanes) is 1. The molecule has 1 aromatic rings. The van der Waals surface area contributed by atoms with Crippen LogP contribution in [0, 0.1) is 10.1 Å². The van der Waals surface area contributed by atoms with Crippen molar-refractivity contribution >= 4 is 5.69 Å². The van der Waals surface area contributed by atoms with E-state index in [1.165, 1.54) is 6.07 Å². The maximum Gasteiger partial charge on any atom is 0.272 e. The van der Waals surface area contributed by atoms with E-state index in [0.717, 1.165) is 31.5 Å². The van der Waals surface area contributed by atoms with Gasteiger partial charge in [0.05, 0.1) is 11.5 Å². The van der Waals surface area contributed by atoms with Gasteiger partial charge in [-0.25, -0.2) is 0 Å². The third kappa shape index (κ3) is 5.36. The van der Waals surface area contributed by atoms with Crippen LogP contribution in [0.3, 0.4) is 0 Å². The first-order chi connectivity index (χ1) is 9.19. The van der Waals surface area contributed by atoms with Crippen molar-refractivity contribution in [2.24, 2.45) is 0 Å². The quantitative estimate of drug-likeness (QED) is 0.550. The van der Waals surface area contributed by atoms with E-state index in [-0.39, 0.29) is 17.2 Å². The highest BCUT2D eigenvalue weighted by molar-refractivity contribution is 5.39. The van der Waals surface area contributed by atoms with Crippen LogP contribution in [0.4, 0.5) is 5.69 Å². The number of nitro benzene ring substituents is 1. The molecule has 0 unspecified atom stereocenters. The Bertz CT molecular complexity index is 396. The van der Waals surface area contributed by atoms with Crippen LogP contribution in [0.5, 0.6) is 0 Å². The number of hydrogen-bond donors (Lipinski definition) is 1. The van der Waals surface area contributed by atoms with Gasteiger partial charge in [-0.05, 0) is 19.4 Å². The molecule has 1 aromatic carbocycles. The monoisotopic (exact) mass is 266 g/mol. The smallest absolute Gasteiger partial charge is 0.272 e. The van der Waals surface area contributed by atoms with E-state index in [4.69, 9.17) is 5.11 Å². The summed E-state index contributed by atoms with van der Waals surface area (Å²) < 4.78 is 0. The van der Waals surface area contributed by atoms with Gasteiger partial charge in [0, 0.05) is 24.7 Å². The molecule has 0 heterocycles. The zero-order chi connectivity index (χ0) is 14.1. The van der Waals surface area contributed by atoms with Crippen molar-refractivity contribution < 1.29 is 10.0 Å². The van der Waals surface area contributed by atoms with E-state index in [0.29, 0.717) is 13.0 Å². The molecule has 0 radical (unpaired) electrons. The summed E-state index contributed by atoms with van der Waals surface area (Å²) in [6, 6.07) is 6.85. The molecule has 5 nitrogen and oxygen atoms in total. The molecule has 0 fully saturated rings. The number of nitrogens with zero attached hydrogens (tertiary/aromatic N) is 2. The molecule has 0 aliphatic rings. The highest BCUT2D eigenvalue weighted by Gasteiger charge is 2.13. The Labute approximate surface area is 114 Å². The minimum absolute atomic E-state index is 0.126. The number of aliphatic hydroxyl groups excluding tert-OH is 1. The first kappa shape index (κ1) is 15.6. The van der Waals surface area contributed by atoms with E-state index in [1.54, 1.807) is 12.1 Å². The van der Waals surface area contributed by atoms with E-state index in [9.17, 15) is 10.1 Å². The first-order valence-corrected chi connectivity index (χ1v) is 6.74. The summed E-state index contributed by atoms with van der Waals surface area (Å²) in [6.45, 7) is 4.55. The number of benzene rings is 1. The van der Waals surface area contributed by atoms with Crippen molar-refractivity contribution in [3.8, 4) is 0 Å². The standard InChI is InChI=1S/C14H22N2O3/c1-2-3-9-15(11-12-17)10-8-13-6-4-5-7-14(13)16(18)19/h4-7,17H,2-3,8-12H2,1H3. The van der Waals surface area contributed by atoms with Crippen LogP contribution in [0.25, 0.3) is 0 Å². The molecule has 0 atom stereocenters. The number of para-hydroxylation sites is 1. The fourth-order valence-corrected chi connectivity index (χ4v) is 2.04. The first-order valence-electron chi connectivity index (χ1n) is 6.74. The molecule has 0 aromatic heterocycles. The normalized spacial score (nSPS) is 10.9. The summed E-state index contributed by atoms with van der Waals surface area (Å²) >= 11 is 0. The van der Waals surface area contributed by atoms with Crippen LogP contribution in [0.2, 0.25) is 0 Å². The Kier molecular flexibility index (Phi) is 7.07. The molecular weight excluding hydrogens is 244 g/mol. The lowest BCUT2D eigenvalue weighted by Crippen LogP contribution is -2.30. The van der Waals surface area contributed by atoms with Gasteiger partial charge >= 0.3 is 0 Å². The number of hydrogen-bond acceptors (Lipinski definition) is 4. The highest BCUT2D eigenvalue weighted by Crippen LogP contribution is 2.18. The molecule has 0 aliphatic carbocycles. The second kappa shape index (κ2) is 8.61. The topological polar surface area (TPSA) is 66.6 Å². The van der Waals surface area contributed by atoms with Crippen molar-refractivity contribution in [1.29, 1.82) is 0 Å². The molecule has 0 saturated carbocycles. The lowest BCUT2D eigenvalue weighted by atomic mass is 10.1. The van der Waals surface area contributed by atoms with Crippen LogP contribution in [0.15, 0.2) is 24.3 Å². The van der Waals surface area contributed by atoms with Gasteiger partial charge in [0.1, 0.15) is 0 Å². The average molecular weight is 266 g/mol. The van der Waals surface area contributed by atoms with Gasteiger partial charge in [0.2, 0.25) is 0 Å². The molecule has 106 valence electrons. The number of nitro groups is 1. The third-order valence-corrected chi connectivity index (χ3v) is 3.13. The predicted molar refractivity (Wildman–Crippen MR) is 75.2 cm³/mol. The van der Waals surface area contributed by atoms with Crippen LogP contribution < -0.4 is 0 Å². The SMILES string of the molecule is CCCCN(CCO)CCc1ccccc1[N+](=O)[O-]. The van der Waals surface area contributed by atoms with Gasteiger partial charge in [-0.1, -0.05) is 31.5 Å². The molecule has 1 N–H and O–H groups in total. The van der Waals surface area contributed by atoms with Gasteiger partial charge in [-0.15, -0.1) is 0 Å². The van der Waals surface area contributed by atoms with E-state index < -0.39 is 0 Å². The van der Waals surface area contributed by atoms with Gasteiger partial charge < -0.3 is 10.0 Å². The van der Waals surface area contributed by atoms with Crippen LogP contribution >= 0.6 is 0 Å². The Morgan fingerprint density at radius 1 is 1.26 bits per heavy atom. The Hall–Kier alpha value is -1.46. The third-order valence-electron chi connectivity index (χ3n) is 3.13. The van der Waals surface area contributed by atoms with Crippen LogP contribution in [-0.2, 0) is 6.42 Å². The molecule has 19 heavy (non-hydrogen) atoms. The molecular formula is C14H22N2O3. The molecule has 1 rings (SSSR count). The van der Waals surface area contributed by atoms with E-state index in [1.807, 2.05) is 6.07 Å². The summed E-state index contributed by atoms with van der Waals surface area (Å²) in [5, 5.41) is 19.9. The zero-order valence-electron chi connectivity index (χ0n) is 11.4. The summed E-state index contributed by atoms with van der Waals surface area (Å²) in [4.78, 5) is 12.7. The maximum absolute atomic E-state index is 10.9. The molecule has 0 spiro atoms. The molecule has 0 saturated heterocycles. The molecule has 0 aliphatic heterocycles. The molecule has 5 heteroatoms. The fraction of sp³-hybridized carbons (Fsp3) is 0.571. The second-order valence-electron chi connectivity index (χ2n) is 4.55. The number of aliphatic hydroxyl groups is 1. The van der Waals surface area contributed by atoms with Crippen molar-refractivity contribution in [3.05, 3.63) is 39.9 Å². The van der Waals surface area contributed by atoms with Crippen molar-refractivity contribution in [3.63, 3.8) is 0 Å². The van der Waals surface area contributed by atoms with Gasteiger partial charge in [0.25, 0.3) is 5.69 Å². The van der Waals surface area contributed by atoms with E-state index >= 15 is 0 Å². The van der Waals surface area contributed by atoms with Crippen LogP contribution in [-0.4, -0.2) is 41.2 Å². The summed E-state index contributed by atoms with van der Waals surface area (Å²) in [6.07, 6.45) is 2.82. The lowest BCUT2D eigenvalue weighted by molar-refractivity contribution is -0.385. The Morgan fingerprint density at radius 2 is 2.00 bits per heavy atom. The zero-order valence-corrected chi connectivity index (χ0v) is 11.4. The van der Waals surface area contributed by atoms with Gasteiger partial charge in [-0.3, -0.25) is 10.1 Å². The lowest BCUT2D eigenvalue weighted by Gasteiger charge is -2.20. The molecule has 0 bridgehead atoms. The molecule has 0 amide bonds. The largest absolute Gasteiger partial charge is 0.395 e. The van der Waals surface area contributed by atoms with E-state index in [2.05, 4.69) is 11.8 Å². The van der Waals surface area contributed by atoms with Gasteiger partial charge in [-0.2, -0.15) is 0 Å².